The molecule has 0 fully saturated rings. The summed E-state index contributed by atoms with van der Waals surface area (Å²) in [6.45, 7) is 5.33. The number of sulfonamides is 1. The van der Waals surface area contributed by atoms with Crippen LogP contribution in [0.1, 0.15) is 31.9 Å². The number of hydrogen-bond acceptors (Lipinski definition) is 4. The number of amides is 2. The van der Waals surface area contributed by atoms with Crippen molar-refractivity contribution in [1.82, 2.24) is 10.2 Å². The first-order valence-electron chi connectivity index (χ1n) is 12.3. The zero-order chi connectivity index (χ0) is 27.9. The summed E-state index contributed by atoms with van der Waals surface area (Å²) in [5, 5.41) is 3.01. The van der Waals surface area contributed by atoms with Crippen molar-refractivity contribution >= 4 is 43.5 Å². The molecule has 202 valence electrons. The summed E-state index contributed by atoms with van der Waals surface area (Å²) in [4.78, 5) is 29.1. The molecule has 7 nitrogen and oxygen atoms in total. The molecular weight excluding hydrogens is 566 g/mol. The van der Waals surface area contributed by atoms with E-state index >= 15 is 0 Å². The van der Waals surface area contributed by atoms with Gasteiger partial charge in [-0.3, -0.25) is 13.9 Å². The molecule has 0 aromatic heterocycles. The Bertz CT molecular complexity index is 1340. The van der Waals surface area contributed by atoms with Crippen LogP contribution in [0.4, 0.5) is 5.69 Å². The number of anilines is 1. The molecule has 9 heteroatoms. The third-order valence-electron chi connectivity index (χ3n) is 5.73. The number of rotatable bonds is 10. The highest BCUT2D eigenvalue weighted by Gasteiger charge is 2.34. The average molecular weight is 601 g/mol. The Hall–Kier alpha value is -3.17. The number of carbonyl (C=O) groups excluding carboxylic acids is 2. The number of carbonyl (C=O) groups is 2. The molecule has 0 saturated carbocycles. The lowest BCUT2D eigenvalue weighted by atomic mass is 10.0. The van der Waals surface area contributed by atoms with E-state index in [-0.39, 0.29) is 18.9 Å². The summed E-state index contributed by atoms with van der Waals surface area (Å²) in [5.41, 5.74) is 1.54. The van der Waals surface area contributed by atoms with E-state index in [9.17, 15) is 18.0 Å². The fourth-order valence-corrected chi connectivity index (χ4v) is 5.34. The van der Waals surface area contributed by atoms with Crippen LogP contribution >= 0.6 is 15.9 Å². The van der Waals surface area contributed by atoms with Gasteiger partial charge in [0.1, 0.15) is 12.6 Å². The van der Waals surface area contributed by atoms with Gasteiger partial charge < -0.3 is 10.2 Å². The molecule has 1 atom stereocenters. The smallest absolute Gasteiger partial charge is 0.244 e. The van der Waals surface area contributed by atoms with Crippen molar-refractivity contribution in [3.8, 4) is 0 Å². The van der Waals surface area contributed by atoms with Crippen LogP contribution < -0.4 is 9.62 Å². The molecule has 3 aromatic carbocycles. The number of nitrogens with one attached hydrogen (secondary N) is 1. The molecule has 0 aliphatic carbocycles. The van der Waals surface area contributed by atoms with Crippen molar-refractivity contribution in [2.45, 2.75) is 45.3 Å². The van der Waals surface area contributed by atoms with Crippen LogP contribution in [-0.2, 0) is 32.6 Å². The van der Waals surface area contributed by atoms with E-state index in [0.717, 1.165) is 26.2 Å². The van der Waals surface area contributed by atoms with Crippen LogP contribution in [0.3, 0.4) is 0 Å². The lowest BCUT2D eigenvalue weighted by molar-refractivity contribution is -0.140. The maximum atomic E-state index is 14.0. The van der Waals surface area contributed by atoms with E-state index in [0.29, 0.717) is 5.69 Å². The minimum absolute atomic E-state index is 0.125. The first-order valence-corrected chi connectivity index (χ1v) is 14.9. The third kappa shape index (κ3) is 8.70. The molecular formula is C29H34BrN3O4S. The van der Waals surface area contributed by atoms with Gasteiger partial charge in [-0.15, -0.1) is 0 Å². The van der Waals surface area contributed by atoms with E-state index in [1.807, 2.05) is 75.4 Å². The van der Waals surface area contributed by atoms with Gasteiger partial charge in [0, 0.05) is 23.0 Å². The second-order valence-corrected chi connectivity index (χ2v) is 13.0. The van der Waals surface area contributed by atoms with E-state index in [1.165, 1.54) is 4.90 Å². The SMILES string of the molecule is CC(C)(C)NC(=O)[C@H](Cc1ccccc1)N(Cc1cccc(Br)c1)C(=O)CN(c1ccccc1)S(C)(=O)=O. The predicted molar refractivity (Wildman–Crippen MR) is 155 cm³/mol. The molecule has 0 spiro atoms. The summed E-state index contributed by atoms with van der Waals surface area (Å²) >= 11 is 3.48. The molecule has 0 unspecified atom stereocenters. The molecule has 0 aliphatic heterocycles. The van der Waals surface area contributed by atoms with Crippen LogP contribution in [0, 0.1) is 0 Å². The van der Waals surface area contributed by atoms with E-state index < -0.39 is 34.1 Å². The molecule has 0 heterocycles. The number of para-hydroxylation sites is 1. The van der Waals surface area contributed by atoms with Crippen molar-refractivity contribution < 1.29 is 18.0 Å². The Kier molecular flexibility index (Phi) is 9.73. The molecule has 2 amide bonds. The van der Waals surface area contributed by atoms with E-state index in [4.69, 9.17) is 0 Å². The van der Waals surface area contributed by atoms with Gasteiger partial charge in [-0.05, 0) is 56.2 Å². The van der Waals surface area contributed by atoms with Gasteiger partial charge in [-0.1, -0.05) is 76.6 Å². The maximum absolute atomic E-state index is 14.0. The molecule has 38 heavy (non-hydrogen) atoms. The zero-order valence-electron chi connectivity index (χ0n) is 22.1. The fourth-order valence-electron chi connectivity index (χ4n) is 4.05. The van der Waals surface area contributed by atoms with Crippen LogP contribution in [0.5, 0.6) is 0 Å². The largest absolute Gasteiger partial charge is 0.350 e. The topological polar surface area (TPSA) is 86.8 Å². The number of nitrogens with zero attached hydrogens (tertiary/aromatic N) is 2. The van der Waals surface area contributed by atoms with Crippen molar-refractivity contribution in [3.63, 3.8) is 0 Å². The Labute approximate surface area is 234 Å². The molecule has 1 N–H and O–H groups in total. The Morgan fingerprint density at radius 1 is 0.895 bits per heavy atom. The molecule has 3 rings (SSSR count). The van der Waals surface area contributed by atoms with Gasteiger partial charge in [0.25, 0.3) is 0 Å². The third-order valence-corrected chi connectivity index (χ3v) is 7.37. The highest BCUT2D eigenvalue weighted by atomic mass is 79.9. The van der Waals surface area contributed by atoms with E-state index in [2.05, 4.69) is 21.2 Å². The van der Waals surface area contributed by atoms with Gasteiger partial charge in [0.2, 0.25) is 21.8 Å². The quantitative estimate of drug-likeness (QED) is 0.364. The van der Waals surface area contributed by atoms with Crippen LogP contribution in [-0.4, -0.2) is 49.5 Å². The summed E-state index contributed by atoms with van der Waals surface area (Å²) in [6.07, 6.45) is 1.34. The van der Waals surface area contributed by atoms with Crippen molar-refractivity contribution in [2.75, 3.05) is 17.1 Å². The first kappa shape index (κ1) is 29.4. The maximum Gasteiger partial charge on any atom is 0.244 e. The predicted octanol–water partition coefficient (Wildman–Crippen LogP) is 4.77. The second kappa shape index (κ2) is 12.6. The zero-order valence-corrected chi connectivity index (χ0v) is 24.5. The fraction of sp³-hybridized carbons (Fsp3) is 0.310. The van der Waals surface area contributed by atoms with Crippen molar-refractivity contribution in [3.05, 3.63) is 101 Å². The van der Waals surface area contributed by atoms with Gasteiger partial charge in [-0.2, -0.15) is 0 Å². The number of halogens is 1. The molecule has 0 bridgehead atoms. The molecule has 0 saturated heterocycles. The summed E-state index contributed by atoms with van der Waals surface area (Å²) in [5.74, 6) is -0.792. The first-order chi connectivity index (χ1) is 17.8. The Morgan fingerprint density at radius 3 is 2.03 bits per heavy atom. The molecule has 3 aromatic rings. The second-order valence-electron chi connectivity index (χ2n) is 10.2. The standard InChI is InChI=1S/C29H34BrN3O4S/c1-29(2,3)31-28(35)26(19-22-12-7-5-8-13-22)32(20-23-14-11-15-24(30)18-23)27(34)21-33(38(4,36)37)25-16-9-6-10-17-25/h5-18,26H,19-21H2,1-4H3,(H,31,35)/t26-/m0/s1. The average Bonchev–Trinajstić information content (AvgIpc) is 2.84. The lowest BCUT2D eigenvalue weighted by Crippen LogP contribution is -2.56. The monoisotopic (exact) mass is 599 g/mol. The lowest BCUT2D eigenvalue weighted by Gasteiger charge is -2.35. The van der Waals surface area contributed by atoms with Crippen molar-refractivity contribution in [1.29, 1.82) is 0 Å². The highest BCUT2D eigenvalue weighted by Crippen LogP contribution is 2.21. The van der Waals surface area contributed by atoms with Gasteiger partial charge in [-0.25, -0.2) is 8.42 Å². The normalized spacial score (nSPS) is 12.4. The van der Waals surface area contributed by atoms with Crippen LogP contribution in [0.15, 0.2) is 89.4 Å². The van der Waals surface area contributed by atoms with Crippen LogP contribution in [0.2, 0.25) is 0 Å². The summed E-state index contributed by atoms with van der Waals surface area (Å²) in [6, 6.07) is 24.6. The molecule has 0 radical (unpaired) electrons. The number of hydrogen-bond donors (Lipinski definition) is 1. The van der Waals surface area contributed by atoms with Gasteiger partial charge in [0.05, 0.1) is 11.9 Å². The van der Waals surface area contributed by atoms with Crippen LogP contribution in [0.25, 0.3) is 0 Å². The van der Waals surface area contributed by atoms with Gasteiger partial charge in [0.15, 0.2) is 0 Å². The molecule has 0 aliphatic rings. The Morgan fingerprint density at radius 2 is 1.47 bits per heavy atom. The minimum atomic E-state index is -3.78. The highest BCUT2D eigenvalue weighted by molar-refractivity contribution is 9.10. The Balaban J connectivity index is 2.06. The summed E-state index contributed by atoms with van der Waals surface area (Å²) < 4.78 is 27.4. The van der Waals surface area contributed by atoms with Gasteiger partial charge >= 0.3 is 0 Å². The van der Waals surface area contributed by atoms with E-state index in [1.54, 1.807) is 30.3 Å². The number of benzene rings is 3. The summed E-state index contributed by atoms with van der Waals surface area (Å²) in [7, 11) is -3.78. The minimum Gasteiger partial charge on any atom is -0.350 e. The van der Waals surface area contributed by atoms with Crippen molar-refractivity contribution in [2.24, 2.45) is 0 Å².